The van der Waals surface area contributed by atoms with E-state index in [0.29, 0.717) is 12.1 Å². The minimum atomic E-state index is -3.90. The Bertz CT molecular complexity index is 940. The van der Waals surface area contributed by atoms with Crippen LogP contribution < -0.4 is 10.0 Å². The lowest BCUT2D eigenvalue weighted by Crippen LogP contribution is -2.34. The van der Waals surface area contributed by atoms with Gasteiger partial charge < -0.3 is 10.2 Å². The van der Waals surface area contributed by atoms with Crippen molar-refractivity contribution in [2.75, 3.05) is 30.9 Å². The van der Waals surface area contributed by atoms with E-state index in [1.54, 1.807) is 0 Å². The number of likely N-dealkylation sites (N-methyl/N-ethyl adjacent to an activating group) is 1. The second kappa shape index (κ2) is 9.99. The fraction of sp³-hybridized carbons (Fsp3) is 0.316. The number of nitro groups is 1. The summed E-state index contributed by atoms with van der Waals surface area (Å²) in [4.78, 5) is 24.4. The Morgan fingerprint density at radius 1 is 1.03 bits per heavy atom. The van der Waals surface area contributed by atoms with Gasteiger partial charge in [0.1, 0.15) is 0 Å². The zero-order valence-corrected chi connectivity index (χ0v) is 17.1. The van der Waals surface area contributed by atoms with Crippen LogP contribution in [0, 0.1) is 10.1 Å². The van der Waals surface area contributed by atoms with Crippen LogP contribution in [-0.2, 0) is 10.0 Å². The number of benzene rings is 2. The Morgan fingerprint density at radius 2 is 1.62 bits per heavy atom. The molecule has 1 amide bonds. The van der Waals surface area contributed by atoms with Crippen LogP contribution >= 0.6 is 0 Å². The molecule has 2 aromatic rings. The monoisotopic (exact) mass is 420 g/mol. The summed E-state index contributed by atoms with van der Waals surface area (Å²) in [5, 5.41) is 13.5. The maximum absolute atomic E-state index is 12.4. The van der Waals surface area contributed by atoms with Crippen LogP contribution in [0.4, 0.5) is 11.4 Å². The van der Waals surface area contributed by atoms with Gasteiger partial charge in [-0.05, 0) is 49.5 Å². The fourth-order valence-corrected chi connectivity index (χ4v) is 3.68. The average molecular weight is 420 g/mol. The Balaban J connectivity index is 1.98. The lowest BCUT2D eigenvalue weighted by molar-refractivity contribution is -0.384. The van der Waals surface area contributed by atoms with Crippen molar-refractivity contribution in [1.29, 1.82) is 0 Å². The van der Waals surface area contributed by atoms with Gasteiger partial charge in [0.2, 0.25) is 0 Å². The number of amides is 1. The number of nitrogens with zero attached hydrogens (tertiary/aromatic N) is 2. The minimum Gasteiger partial charge on any atom is -0.351 e. The van der Waals surface area contributed by atoms with Gasteiger partial charge in [0, 0.05) is 36.5 Å². The number of carbonyl (C=O) groups excluding carboxylic acids is 1. The van der Waals surface area contributed by atoms with Crippen molar-refractivity contribution in [3.05, 3.63) is 64.2 Å². The first-order valence-corrected chi connectivity index (χ1v) is 10.6. The molecule has 0 heterocycles. The summed E-state index contributed by atoms with van der Waals surface area (Å²) in [6, 6.07) is 10.6. The molecule has 10 heteroatoms. The maximum Gasteiger partial charge on any atom is 0.269 e. The minimum absolute atomic E-state index is 0.0960. The van der Waals surface area contributed by atoms with E-state index in [9.17, 15) is 23.3 Å². The number of carbonyl (C=O) groups is 1. The molecule has 0 aliphatic heterocycles. The largest absolute Gasteiger partial charge is 0.351 e. The molecule has 0 atom stereocenters. The van der Waals surface area contributed by atoms with E-state index in [1.165, 1.54) is 24.3 Å². The SMILES string of the molecule is CCN(CC)CCNC(=O)c1ccc(NS(=O)(=O)c2ccc([N+](=O)[O-])cc2)cc1. The topological polar surface area (TPSA) is 122 Å². The average Bonchev–Trinajstić information content (AvgIpc) is 2.71. The number of non-ortho nitro benzene ring substituents is 1. The van der Waals surface area contributed by atoms with Crippen LogP contribution in [0.15, 0.2) is 53.4 Å². The molecule has 0 aliphatic rings. The summed E-state index contributed by atoms with van der Waals surface area (Å²) in [7, 11) is -3.90. The second-order valence-electron chi connectivity index (χ2n) is 6.22. The number of nitro benzene ring substituents is 1. The Labute approximate surface area is 169 Å². The Morgan fingerprint density at radius 3 is 2.14 bits per heavy atom. The standard InChI is InChI=1S/C19H24N4O5S/c1-3-22(4-2)14-13-20-19(24)15-5-7-16(8-6-15)21-29(27,28)18-11-9-17(10-12-18)23(25)26/h5-12,21H,3-4,13-14H2,1-2H3,(H,20,24). The van der Waals surface area contributed by atoms with Crippen molar-refractivity contribution >= 4 is 27.3 Å². The molecule has 0 saturated carbocycles. The van der Waals surface area contributed by atoms with Crippen LogP contribution in [0.5, 0.6) is 0 Å². The normalized spacial score (nSPS) is 11.3. The molecule has 2 rings (SSSR count). The number of hydrogen-bond donors (Lipinski definition) is 2. The number of rotatable bonds is 10. The third kappa shape index (κ3) is 6.26. The molecule has 0 unspecified atom stereocenters. The van der Waals surface area contributed by atoms with Crippen LogP contribution in [0.3, 0.4) is 0 Å². The number of anilines is 1. The van der Waals surface area contributed by atoms with E-state index in [-0.39, 0.29) is 22.2 Å². The highest BCUT2D eigenvalue weighted by Gasteiger charge is 2.16. The third-order valence-corrected chi connectivity index (χ3v) is 5.76. The molecule has 29 heavy (non-hydrogen) atoms. The van der Waals surface area contributed by atoms with Crippen LogP contribution in [0.1, 0.15) is 24.2 Å². The summed E-state index contributed by atoms with van der Waals surface area (Å²) in [5.74, 6) is -0.234. The molecular weight excluding hydrogens is 396 g/mol. The molecule has 0 aromatic heterocycles. The highest BCUT2D eigenvalue weighted by Crippen LogP contribution is 2.19. The van der Waals surface area contributed by atoms with Gasteiger partial charge in [0.15, 0.2) is 0 Å². The van der Waals surface area contributed by atoms with Gasteiger partial charge in [-0.1, -0.05) is 13.8 Å². The lowest BCUT2D eigenvalue weighted by atomic mass is 10.2. The van der Waals surface area contributed by atoms with Gasteiger partial charge >= 0.3 is 0 Å². The molecule has 0 radical (unpaired) electrons. The van der Waals surface area contributed by atoms with Crippen molar-refractivity contribution in [3.8, 4) is 0 Å². The van der Waals surface area contributed by atoms with Crippen LogP contribution in [0.2, 0.25) is 0 Å². The van der Waals surface area contributed by atoms with Gasteiger partial charge in [0.05, 0.1) is 9.82 Å². The van der Waals surface area contributed by atoms with Gasteiger partial charge in [0.25, 0.3) is 21.6 Å². The highest BCUT2D eigenvalue weighted by atomic mass is 32.2. The molecule has 2 N–H and O–H groups in total. The summed E-state index contributed by atoms with van der Waals surface area (Å²) in [6.07, 6.45) is 0. The zero-order valence-electron chi connectivity index (χ0n) is 16.3. The van der Waals surface area contributed by atoms with E-state index in [4.69, 9.17) is 0 Å². The van der Waals surface area contributed by atoms with Crippen LogP contribution in [-0.4, -0.2) is 50.3 Å². The van der Waals surface area contributed by atoms with E-state index in [0.717, 1.165) is 43.9 Å². The quantitative estimate of drug-likeness (QED) is 0.450. The molecule has 9 nitrogen and oxygen atoms in total. The summed E-state index contributed by atoms with van der Waals surface area (Å²) < 4.78 is 27.2. The van der Waals surface area contributed by atoms with Crippen molar-refractivity contribution in [2.24, 2.45) is 0 Å². The molecule has 0 saturated heterocycles. The summed E-state index contributed by atoms with van der Waals surface area (Å²) in [6.45, 7) is 7.22. The van der Waals surface area contributed by atoms with Crippen molar-refractivity contribution in [1.82, 2.24) is 10.2 Å². The smallest absolute Gasteiger partial charge is 0.269 e. The molecule has 0 fully saturated rings. The Hall–Kier alpha value is -2.98. The molecule has 0 aliphatic carbocycles. The highest BCUT2D eigenvalue weighted by molar-refractivity contribution is 7.92. The number of nitrogens with one attached hydrogen (secondary N) is 2. The molecule has 0 bridgehead atoms. The summed E-state index contributed by atoms with van der Waals surface area (Å²) in [5.41, 5.74) is 0.506. The van der Waals surface area contributed by atoms with Crippen molar-refractivity contribution in [3.63, 3.8) is 0 Å². The fourth-order valence-electron chi connectivity index (χ4n) is 2.62. The first kappa shape index (κ1) is 22.3. The maximum atomic E-state index is 12.4. The van der Waals surface area contributed by atoms with Gasteiger partial charge in [-0.3, -0.25) is 19.6 Å². The van der Waals surface area contributed by atoms with Gasteiger partial charge in [-0.2, -0.15) is 0 Å². The van der Waals surface area contributed by atoms with E-state index in [1.807, 2.05) is 0 Å². The summed E-state index contributed by atoms with van der Waals surface area (Å²) >= 11 is 0. The number of sulfonamides is 1. The molecule has 156 valence electrons. The third-order valence-electron chi connectivity index (χ3n) is 4.37. The number of hydrogen-bond acceptors (Lipinski definition) is 6. The van der Waals surface area contributed by atoms with E-state index < -0.39 is 14.9 Å². The Kier molecular flexibility index (Phi) is 7.68. The van der Waals surface area contributed by atoms with Crippen LogP contribution in [0.25, 0.3) is 0 Å². The van der Waals surface area contributed by atoms with E-state index >= 15 is 0 Å². The predicted molar refractivity (Wildman–Crippen MR) is 110 cm³/mol. The molecular formula is C19H24N4O5S. The zero-order chi connectivity index (χ0) is 21.4. The van der Waals surface area contributed by atoms with Crippen molar-refractivity contribution in [2.45, 2.75) is 18.7 Å². The van der Waals surface area contributed by atoms with Crippen molar-refractivity contribution < 1.29 is 18.1 Å². The first-order valence-electron chi connectivity index (χ1n) is 9.14. The van der Waals surface area contributed by atoms with Gasteiger partial charge in [-0.15, -0.1) is 0 Å². The molecule has 2 aromatic carbocycles. The molecule has 0 spiro atoms. The predicted octanol–water partition coefficient (Wildman–Crippen LogP) is 2.47. The second-order valence-corrected chi connectivity index (χ2v) is 7.90. The first-order chi connectivity index (χ1) is 13.8. The van der Waals surface area contributed by atoms with E-state index in [2.05, 4.69) is 28.8 Å². The lowest BCUT2D eigenvalue weighted by Gasteiger charge is -2.18. The van der Waals surface area contributed by atoms with Gasteiger partial charge in [-0.25, -0.2) is 8.42 Å².